The molecule has 5 nitrogen and oxygen atoms in total. The summed E-state index contributed by atoms with van der Waals surface area (Å²) in [6.07, 6.45) is -0.468. The Balaban J connectivity index is 2.89. The Morgan fingerprint density at radius 3 is 1.88 bits per heavy atom. The number of hydrogen-bond acceptors (Lipinski definition) is 4. The van der Waals surface area contributed by atoms with Crippen LogP contribution in [-0.2, 0) is 27.4 Å². The molecule has 1 N–H and O–H groups in total. The molecule has 0 aliphatic rings. The van der Waals surface area contributed by atoms with E-state index >= 15 is 0 Å². The zero-order valence-corrected chi connectivity index (χ0v) is 15.8. The summed E-state index contributed by atoms with van der Waals surface area (Å²) < 4.78 is 23.2. The van der Waals surface area contributed by atoms with Crippen molar-refractivity contribution in [1.29, 1.82) is 0 Å². The second-order valence-corrected chi connectivity index (χ2v) is 7.89. The van der Waals surface area contributed by atoms with Crippen LogP contribution in [0.15, 0.2) is 24.3 Å². The normalized spacial score (nSPS) is 13.1. The van der Waals surface area contributed by atoms with Gasteiger partial charge in [-0.2, -0.15) is 0 Å². The summed E-state index contributed by atoms with van der Waals surface area (Å²) in [5.41, 5.74) is -0.0178. The third-order valence-electron chi connectivity index (χ3n) is 3.00. The van der Waals surface area contributed by atoms with Crippen LogP contribution < -0.4 is 5.32 Å². The number of ether oxygens (including phenoxy) is 2. The summed E-state index contributed by atoms with van der Waals surface area (Å²) in [5.74, 6) is -0.548. The first-order valence-corrected chi connectivity index (χ1v) is 8.26. The van der Waals surface area contributed by atoms with Gasteiger partial charge in [-0.3, -0.25) is 0 Å². The Kier molecular flexibility index (Phi) is 6.96. The van der Waals surface area contributed by atoms with Gasteiger partial charge in [0.2, 0.25) is 0 Å². The van der Waals surface area contributed by atoms with E-state index in [-0.39, 0.29) is 6.42 Å². The lowest BCUT2D eigenvalue weighted by Crippen LogP contribution is -2.47. The number of amides is 1. The summed E-state index contributed by atoms with van der Waals surface area (Å²) in [5, 5.41) is 2.56. The van der Waals surface area contributed by atoms with Gasteiger partial charge in [0.25, 0.3) is 0 Å². The summed E-state index contributed by atoms with van der Waals surface area (Å²) in [4.78, 5) is 24.5. The van der Waals surface area contributed by atoms with Crippen LogP contribution >= 0.6 is 0 Å². The minimum absolute atomic E-state index is 0.223. The molecule has 6 heteroatoms. The van der Waals surface area contributed by atoms with Crippen LogP contribution in [0.25, 0.3) is 0 Å². The van der Waals surface area contributed by atoms with E-state index in [0.717, 1.165) is 5.56 Å². The van der Waals surface area contributed by atoms with Crippen molar-refractivity contribution in [2.75, 3.05) is 0 Å². The molecule has 0 unspecified atom stereocenters. The van der Waals surface area contributed by atoms with Crippen LogP contribution in [0.5, 0.6) is 0 Å². The van der Waals surface area contributed by atoms with Crippen molar-refractivity contribution in [3.8, 4) is 0 Å². The highest BCUT2D eigenvalue weighted by Crippen LogP contribution is 2.14. The van der Waals surface area contributed by atoms with E-state index in [1.165, 1.54) is 0 Å². The maximum Gasteiger partial charge on any atom is 0.408 e. The second kappa shape index (κ2) is 8.32. The van der Waals surface area contributed by atoms with E-state index < -0.39 is 36.0 Å². The van der Waals surface area contributed by atoms with Crippen LogP contribution in [0.3, 0.4) is 0 Å². The number of carbonyl (C=O) groups excluding carboxylic acids is 2. The van der Waals surface area contributed by atoms with Crippen LogP contribution in [-0.4, -0.2) is 29.3 Å². The Morgan fingerprint density at radius 2 is 1.44 bits per heavy atom. The number of nitrogens with one attached hydrogen (secondary N) is 1. The minimum Gasteiger partial charge on any atom is -0.458 e. The first-order valence-electron chi connectivity index (χ1n) is 8.26. The molecule has 0 bridgehead atoms. The molecule has 0 radical (unpaired) electrons. The fourth-order valence-electron chi connectivity index (χ4n) is 2.02. The van der Waals surface area contributed by atoms with Crippen LogP contribution in [0.1, 0.15) is 52.7 Å². The van der Waals surface area contributed by atoms with Gasteiger partial charge < -0.3 is 14.8 Å². The lowest BCUT2D eigenvalue weighted by atomic mass is 10.0. The maximum absolute atomic E-state index is 12.6. The van der Waals surface area contributed by atoms with Gasteiger partial charge in [0.15, 0.2) is 0 Å². The molecule has 25 heavy (non-hydrogen) atoms. The molecule has 1 amide bonds. The van der Waals surface area contributed by atoms with E-state index in [2.05, 4.69) is 5.32 Å². The van der Waals surface area contributed by atoms with E-state index in [9.17, 15) is 14.0 Å². The zero-order chi connectivity index (χ0) is 19.3. The molecule has 1 aromatic rings. The van der Waals surface area contributed by atoms with Crippen molar-refractivity contribution >= 4 is 12.1 Å². The van der Waals surface area contributed by atoms with Crippen molar-refractivity contribution in [3.05, 3.63) is 35.4 Å². The van der Waals surface area contributed by atoms with Crippen molar-refractivity contribution in [3.63, 3.8) is 0 Å². The molecule has 1 rings (SSSR count). The summed E-state index contributed by atoms with van der Waals surface area (Å²) >= 11 is 0. The monoisotopic (exact) mass is 353 g/mol. The van der Waals surface area contributed by atoms with E-state index in [1.54, 1.807) is 65.8 Å². The van der Waals surface area contributed by atoms with Crippen LogP contribution in [0.4, 0.5) is 9.18 Å². The lowest BCUT2D eigenvalue weighted by Gasteiger charge is -2.26. The van der Waals surface area contributed by atoms with Gasteiger partial charge in [0.05, 0.1) is 0 Å². The molecule has 0 saturated carbocycles. The van der Waals surface area contributed by atoms with Crippen molar-refractivity contribution in [2.24, 2.45) is 0 Å². The Bertz CT molecular complexity index is 585. The summed E-state index contributed by atoms with van der Waals surface area (Å²) in [7, 11) is 0. The van der Waals surface area contributed by atoms with Crippen LogP contribution in [0.2, 0.25) is 0 Å². The van der Waals surface area contributed by atoms with E-state index in [1.807, 2.05) is 0 Å². The molecule has 1 atom stereocenters. The molecule has 0 heterocycles. The molecule has 140 valence electrons. The predicted molar refractivity (Wildman–Crippen MR) is 94.0 cm³/mol. The average Bonchev–Trinajstić information content (AvgIpc) is 2.43. The van der Waals surface area contributed by atoms with Crippen molar-refractivity contribution < 1.29 is 23.5 Å². The highest BCUT2D eigenvalue weighted by Gasteiger charge is 2.28. The molecule has 1 aromatic carbocycles. The number of rotatable bonds is 5. The molecule has 0 spiro atoms. The number of benzene rings is 1. The van der Waals surface area contributed by atoms with Gasteiger partial charge in [-0.25, -0.2) is 14.0 Å². The summed E-state index contributed by atoms with van der Waals surface area (Å²) in [6.45, 7) is 9.94. The van der Waals surface area contributed by atoms with Crippen LogP contribution in [0, 0.1) is 0 Å². The molecular weight excluding hydrogens is 325 g/mol. The van der Waals surface area contributed by atoms with Gasteiger partial charge in [-0.1, -0.05) is 24.3 Å². The first kappa shape index (κ1) is 20.9. The lowest BCUT2D eigenvalue weighted by molar-refractivity contribution is -0.157. The number of carbonyl (C=O) groups is 2. The number of alkyl carbamates (subject to hydrolysis) is 1. The predicted octanol–water partition coefficient (Wildman–Crippen LogP) is 3.93. The number of halogens is 1. The molecular formula is C19H28FNO4. The molecule has 0 aliphatic carbocycles. The minimum atomic E-state index is -0.898. The van der Waals surface area contributed by atoms with Gasteiger partial charge in [-0.05, 0) is 52.7 Å². The summed E-state index contributed by atoms with van der Waals surface area (Å²) in [6, 6.07) is 5.85. The molecule has 0 saturated heterocycles. The Morgan fingerprint density at radius 1 is 0.960 bits per heavy atom. The van der Waals surface area contributed by atoms with E-state index in [4.69, 9.17) is 9.47 Å². The molecule has 0 fully saturated rings. The smallest absolute Gasteiger partial charge is 0.408 e. The quantitative estimate of drug-likeness (QED) is 0.815. The van der Waals surface area contributed by atoms with Crippen molar-refractivity contribution in [1.82, 2.24) is 5.32 Å². The van der Waals surface area contributed by atoms with Gasteiger partial charge in [-0.15, -0.1) is 0 Å². The van der Waals surface area contributed by atoms with Gasteiger partial charge in [0, 0.05) is 6.42 Å². The largest absolute Gasteiger partial charge is 0.458 e. The van der Waals surface area contributed by atoms with E-state index in [0.29, 0.717) is 5.56 Å². The third kappa shape index (κ3) is 8.52. The molecule has 0 aromatic heterocycles. The fourth-order valence-corrected chi connectivity index (χ4v) is 2.02. The van der Waals surface area contributed by atoms with Gasteiger partial charge in [0.1, 0.15) is 23.9 Å². The average molecular weight is 353 g/mol. The zero-order valence-electron chi connectivity index (χ0n) is 15.8. The number of esters is 1. The Labute approximate surface area is 148 Å². The number of hydrogen-bond donors (Lipinski definition) is 1. The topological polar surface area (TPSA) is 64.6 Å². The third-order valence-corrected chi connectivity index (χ3v) is 3.00. The standard InChI is InChI=1S/C19H28FNO4/c1-18(2,3)24-16(22)15(21-17(23)25-19(4,5)6)11-13-7-9-14(12-20)10-8-13/h7-10,15H,11-12H2,1-6H3,(H,21,23)/t15-/m0/s1. The van der Waals surface area contributed by atoms with Gasteiger partial charge >= 0.3 is 12.1 Å². The maximum atomic E-state index is 12.6. The Hall–Kier alpha value is -2.11. The highest BCUT2D eigenvalue weighted by atomic mass is 19.1. The number of alkyl halides is 1. The first-order chi connectivity index (χ1) is 11.4. The molecule has 0 aliphatic heterocycles. The SMILES string of the molecule is CC(C)(C)OC(=O)N[C@@H](Cc1ccc(CF)cc1)C(=O)OC(C)(C)C. The highest BCUT2D eigenvalue weighted by molar-refractivity contribution is 5.82. The van der Waals surface area contributed by atoms with Crippen molar-refractivity contribution in [2.45, 2.75) is 71.9 Å². The fraction of sp³-hybridized carbons (Fsp3) is 0.579. The second-order valence-electron chi connectivity index (χ2n) is 7.89.